The molecule has 0 aromatic carbocycles. The molecule has 1 atom stereocenters. The zero-order valence-corrected chi connectivity index (χ0v) is 11.5. The van der Waals surface area contributed by atoms with Gasteiger partial charge in [0.2, 0.25) is 0 Å². The molecule has 1 nitrogen and oxygen atoms in total. The topological polar surface area (TPSA) is 3.24 Å². The van der Waals surface area contributed by atoms with Gasteiger partial charge in [-0.3, -0.25) is 4.90 Å². The summed E-state index contributed by atoms with van der Waals surface area (Å²) in [7, 11) is 0. The first-order valence-electron chi connectivity index (χ1n) is 6.18. The van der Waals surface area contributed by atoms with Gasteiger partial charge < -0.3 is 0 Å². The lowest BCUT2D eigenvalue weighted by Crippen LogP contribution is -2.46. The summed E-state index contributed by atoms with van der Waals surface area (Å²) in [5.41, 5.74) is 0.555. The molecule has 2 fully saturated rings. The zero-order valence-electron chi connectivity index (χ0n) is 9.74. The molecule has 0 spiro atoms. The van der Waals surface area contributed by atoms with Crippen LogP contribution in [-0.4, -0.2) is 41.3 Å². The van der Waals surface area contributed by atoms with Gasteiger partial charge in [0.15, 0.2) is 0 Å². The maximum Gasteiger partial charge on any atom is 0.0158 e. The third-order valence-electron chi connectivity index (χ3n) is 4.04. The van der Waals surface area contributed by atoms with E-state index < -0.39 is 0 Å². The van der Waals surface area contributed by atoms with E-state index in [1.54, 1.807) is 0 Å². The van der Waals surface area contributed by atoms with E-state index in [1.807, 2.05) is 0 Å². The molecule has 15 heavy (non-hydrogen) atoms. The van der Waals surface area contributed by atoms with Crippen LogP contribution in [0.25, 0.3) is 0 Å². The minimum atomic E-state index is 0.555. The van der Waals surface area contributed by atoms with Crippen molar-refractivity contribution in [3.05, 3.63) is 0 Å². The fourth-order valence-electron chi connectivity index (χ4n) is 2.92. The lowest BCUT2D eigenvalue weighted by molar-refractivity contribution is 0.146. The molecular formula is C12H23NS2. The highest BCUT2D eigenvalue weighted by Gasteiger charge is 2.35. The zero-order chi connectivity index (χ0) is 10.7. The first-order chi connectivity index (χ1) is 7.26. The standard InChI is InChI=1S/C12H23NS2/c1-11-8-15-7-6-13(11)9-12(10-14)4-2-3-5-12/h11,14H,2-10H2,1H3. The van der Waals surface area contributed by atoms with Crippen molar-refractivity contribution in [3.63, 3.8) is 0 Å². The third-order valence-corrected chi connectivity index (χ3v) is 5.90. The van der Waals surface area contributed by atoms with E-state index >= 15 is 0 Å². The second-order valence-corrected chi connectivity index (χ2v) is 6.73. The first kappa shape index (κ1) is 12.1. The van der Waals surface area contributed by atoms with Crippen molar-refractivity contribution in [2.75, 3.05) is 30.3 Å². The van der Waals surface area contributed by atoms with Crippen molar-refractivity contribution in [3.8, 4) is 0 Å². The van der Waals surface area contributed by atoms with E-state index in [1.165, 1.54) is 50.3 Å². The highest BCUT2D eigenvalue weighted by molar-refractivity contribution is 7.99. The Morgan fingerprint density at radius 3 is 2.73 bits per heavy atom. The number of nitrogens with zero attached hydrogens (tertiary/aromatic N) is 1. The smallest absolute Gasteiger partial charge is 0.0158 e. The number of thioether (sulfide) groups is 1. The Labute approximate surface area is 104 Å². The van der Waals surface area contributed by atoms with Crippen molar-refractivity contribution >= 4 is 24.4 Å². The largest absolute Gasteiger partial charge is 0.298 e. The maximum absolute atomic E-state index is 4.60. The highest BCUT2D eigenvalue weighted by Crippen LogP contribution is 2.40. The number of rotatable bonds is 3. The second-order valence-electron chi connectivity index (χ2n) is 5.26. The van der Waals surface area contributed by atoms with Crippen molar-refractivity contribution in [2.45, 2.75) is 38.6 Å². The van der Waals surface area contributed by atoms with Gasteiger partial charge in [-0.2, -0.15) is 24.4 Å². The molecule has 3 heteroatoms. The van der Waals surface area contributed by atoms with Crippen LogP contribution in [0.1, 0.15) is 32.6 Å². The van der Waals surface area contributed by atoms with Crippen molar-refractivity contribution in [1.29, 1.82) is 0 Å². The second kappa shape index (κ2) is 5.33. The van der Waals surface area contributed by atoms with Gasteiger partial charge in [-0.1, -0.05) is 12.8 Å². The molecule has 0 aromatic heterocycles. The highest BCUT2D eigenvalue weighted by atomic mass is 32.2. The van der Waals surface area contributed by atoms with E-state index in [-0.39, 0.29) is 0 Å². The Morgan fingerprint density at radius 2 is 2.13 bits per heavy atom. The van der Waals surface area contributed by atoms with Gasteiger partial charge in [-0.05, 0) is 30.9 Å². The van der Waals surface area contributed by atoms with Crippen LogP contribution in [0.3, 0.4) is 0 Å². The summed E-state index contributed by atoms with van der Waals surface area (Å²) in [6, 6.07) is 0.779. The van der Waals surface area contributed by atoms with Crippen LogP contribution in [0.2, 0.25) is 0 Å². The minimum absolute atomic E-state index is 0.555. The van der Waals surface area contributed by atoms with Crippen LogP contribution in [-0.2, 0) is 0 Å². The fraction of sp³-hybridized carbons (Fsp3) is 1.00. The molecule has 1 aliphatic heterocycles. The van der Waals surface area contributed by atoms with E-state index in [9.17, 15) is 0 Å². The van der Waals surface area contributed by atoms with Crippen molar-refractivity contribution in [2.24, 2.45) is 5.41 Å². The van der Waals surface area contributed by atoms with Crippen LogP contribution in [0, 0.1) is 5.41 Å². The quantitative estimate of drug-likeness (QED) is 0.762. The molecule has 1 unspecified atom stereocenters. The molecule has 88 valence electrons. The molecule has 1 saturated heterocycles. The van der Waals surface area contributed by atoms with Gasteiger partial charge in [-0.15, -0.1) is 0 Å². The lowest BCUT2D eigenvalue weighted by atomic mass is 9.87. The van der Waals surface area contributed by atoms with Crippen molar-refractivity contribution < 1.29 is 0 Å². The average molecular weight is 245 g/mol. The predicted molar refractivity (Wildman–Crippen MR) is 73.1 cm³/mol. The Morgan fingerprint density at radius 1 is 1.40 bits per heavy atom. The average Bonchev–Trinajstić information content (AvgIpc) is 2.71. The first-order valence-corrected chi connectivity index (χ1v) is 7.97. The molecule has 2 rings (SSSR count). The van der Waals surface area contributed by atoms with Crippen LogP contribution in [0.5, 0.6) is 0 Å². The monoisotopic (exact) mass is 245 g/mol. The van der Waals surface area contributed by atoms with E-state index in [4.69, 9.17) is 0 Å². The molecule has 1 heterocycles. The van der Waals surface area contributed by atoms with Gasteiger partial charge in [0, 0.05) is 30.6 Å². The lowest BCUT2D eigenvalue weighted by Gasteiger charge is -2.40. The number of hydrogen-bond donors (Lipinski definition) is 1. The summed E-state index contributed by atoms with van der Waals surface area (Å²) in [5.74, 6) is 3.74. The van der Waals surface area contributed by atoms with Crippen LogP contribution in [0.15, 0.2) is 0 Å². The summed E-state index contributed by atoms with van der Waals surface area (Å²) in [6.45, 7) is 4.98. The molecule has 0 bridgehead atoms. The molecule has 1 saturated carbocycles. The number of hydrogen-bond acceptors (Lipinski definition) is 3. The summed E-state index contributed by atoms with van der Waals surface area (Å²) < 4.78 is 0. The number of thiol groups is 1. The molecule has 2 aliphatic rings. The molecule has 0 N–H and O–H groups in total. The summed E-state index contributed by atoms with van der Waals surface area (Å²) in [4.78, 5) is 2.71. The molecule has 0 radical (unpaired) electrons. The van der Waals surface area contributed by atoms with Crippen LogP contribution >= 0.6 is 24.4 Å². The van der Waals surface area contributed by atoms with Crippen LogP contribution in [0.4, 0.5) is 0 Å². The van der Waals surface area contributed by atoms with Gasteiger partial charge in [0.05, 0.1) is 0 Å². The van der Waals surface area contributed by atoms with Gasteiger partial charge >= 0.3 is 0 Å². The van der Waals surface area contributed by atoms with E-state index in [2.05, 4.69) is 36.2 Å². The van der Waals surface area contributed by atoms with Crippen LogP contribution < -0.4 is 0 Å². The summed E-state index contributed by atoms with van der Waals surface area (Å²) in [5, 5.41) is 0. The Hall–Kier alpha value is 0.660. The predicted octanol–water partition coefficient (Wildman–Crippen LogP) is 2.91. The minimum Gasteiger partial charge on any atom is -0.298 e. The van der Waals surface area contributed by atoms with Gasteiger partial charge in [0.25, 0.3) is 0 Å². The molecular weight excluding hydrogens is 222 g/mol. The molecule has 1 aliphatic carbocycles. The summed E-state index contributed by atoms with van der Waals surface area (Å²) >= 11 is 6.71. The molecule has 0 aromatic rings. The summed E-state index contributed by atoms with van der Waals surface area (Å²) in [6.07, 6.45) is 5.68. The van der Waals surface area contributed by atoms with Gasteiger partial charge in [0.1, 0.15) is 0 Å². The Balaban J connectivity index is 1.93. The molecule has 0 amide bonds. The van der Waals surface area contributed by atoms with E-state index in [0.717, 1.165) is 11.8 Å². The van der Waals surface area contributed by atoms with Gasteiger partial charge in [-0.25, -0.2) is 0 Å². The Kier molecular flexibility index (Phi) is 4.31. The fourth-order valence-corrected chi connectivity index (χ4v) is 4.42. The normalized spacial score (nSPS) is 32.0. The maximum atomic E-state index is 4.60. The Bertz CT molecular complexity index is 202. The van der Waals surface area contributed by atoms with E-state index in [0.29, 0.717) is 5.41 Å². The van der Waals surface area contributed by atoms with Crippen molar-refractivity contribution in [1.82, 2.24) is 4.90 Å². The SMILES string of the molecule is CC1CSCCN1CC1(CS)CCCC1. The third kappa shape index (κ3) is 2.86.